The van der Waals surface area contributed by atoms with Crippen LogP contribution < -0.4 is 15.5 Å². The molecule has 1 aromatic carbocycles. The van der Waals surface area contributed by atoms with Crippen LogP contribution in [0.1, 0.15) is 16.7 Å². The van der Waals surface area contributed by atoms with Gasteiger partial charge in [0.25, 0.3) is 11.8 Å². The van der Waals surface area contributed by atoms with Crippen molar-refractivity contribution in [1.29, 1.82) is 0 Å². The maximum atomic E-state index is 11.8. The Morgan fingerprint density at radius 3 is 2.48 bits per heavy atom. The lowest BCUT2D eigenvalue weighted by Crippen LogP contribution is -2.37. The van der Waals surface area contributed by atoms with Gasteiger partial charge in [0.15, 0.2) is 6.61 Å². The maximum absolute atomic E-state index is 11.8. The van der Waals surface area contributed by atoms with Crippen molar-refractivity contribution in [3.63, 3.8) is 0 Å². The molecule has 0 aliphatic carbocycles. The molecular weight excluding hydrogens is 320 g/mol. The molecule has 7 heteroatoms. The summed E-state index contributed by atoms with van der Waals surface area (Å²) in [5.41, 5.74) is 5.05. The molecule has 0 saturated carbocycles. The SMILES string of the molecule is Cc1cccc(C)c1OCC(=O)NCC(=O)N/N=C\c1ccncc1. The Labute approximate surface area is 146 Å². The quantitative estimate of drug-likeness (QED) is 0.588. The molecule has 2 aromatic rings. The van der Waals surface area contributed by atoms with E-state index in [0.29, 0.717) is 5.75 Å². The van der Waals surface area contributed by atoms with Crippen molar-refractivity contribution >= 4 is 18.0 Å². The fourth-order valence-electron chi connectivity index (χ4n) is 2.06. The van der Waals surface area contributed by atoms with Crippen molar-refractivity contribution < 1.29 is 14.3 Å². The number of hydrogen-bond donors (Lipinski definition) is 2. The van der Waals surface area contributed by atoms with E-state index < -0.39 is 5.91 Å². The number of nitrogens with zero attached hydrogens (tertiary/aromatic N) is 2. The van der Waals surface area contributed by atoms with E-state index in [4.69, 9.17) is 4.74 Å². The van der Waals surface area contributed by atoms with Crippen LogP contribution in [0.15, 0.2) is 47.8 Å². The highest BCUT2D eigenvalue weighted by Gasteiger charge is 2.08. The lowest BCUT2D eigenvalue weighted by atomic mass is 10.1. The van der Waals surface area contributed by atoms with Crippen molar-refractivity contribution in [2.75, 3.05) is 13.2 Å². The average molecular weight is 340 g/mol. The molecule has 0 unspecified atom stereocenters. The molecule has 0 bridgehead atoms. The van der Waals surface area contributed by atoms with E-state index in [-0.39, 0.29) is 19.1 Å². The summed E-state index contributed by atoms with van der Waals surface area (Å²) in [4.78, 5) is 27.3. The zero-order valence-corrected chi connectivity index (χ0v) is 14.2. The zero-order chi connectivity index (χ0) is 18.1. The molecule has 0 radical (unpaired) electrons. The first-order valence-electron chi connectivity index (χ1n) is 7.74. The van der Waals surface area contributed by atoms with E-state index in [1.807, 2.05) is 32.0 Å². The van der Waals surface area contributed by atoms with E-state index in [1.165, 1.54) is 6.21 Å². The standard InChI is InChI=1S/C18H20N4O3/c1-13-4-3-5-14(2)18(13)25-12-17(24)20-11-16(23)22-21-10-15-6-8-19-9-7-15/h3-10H,11-12H2,1-2H3,(H,20,24)(H,22,23)/b21-10-. The van der Waals surface area contributed by atoms with Gasteiger partial charge >= 0.3 is 0 Å². The summed E-state index contributed by atoms with van der Waals surface area (Å²) < 4.78 is 5.52. The Kier molecular flexibility index (Phi) is 6.65. The molecule has 0 aliphatic heterocycles. The van der Waals surface area contributed by atoms with Gasteiger partial charge in [-0.05, 0) is 42.7 Å². The highest BCUT2D eigenvalue weighted by atomic mass is 16.5. The molecule has 0 aliphatic rings. The van der Waals surface area contributed by atoms with Crippen LogP contribution in [0.5, 0.6) is 5.75 Å². The van der Waals surface area contributed by atoms with Crippen LogP contribution in [0.25, 0.3) is 0 Å². The summed E-state index contributed by atoms with van der Waals surface area (Å²) in [6.45, 7) is 3.49. The normalized spacial score (nSPS) is 10.5. The Bertz CT molecular complexity index is 740. The Hall–Kier alpha value is -3.22. The van der Waals surface area contributed by atoms with E-state index in [0.717, 1.165) is 16.7 Å². The van der Waals surface area contributed by atoms with Gasteiger partial charge in [-0.25, -0.2) is 5.43 Å². The van der Waals surface area contributed by atoms with Crippen molar-refractivity contribution in [1.82, 2.24) is 15.7 Å². The fourth-order valence-corrected chi connectivity index (χ4v) is 2.06. The molecule has 2 rings (SSSR count). The molecule has 0 fully saturated rings. The van der Waals surface area contributed by atoms with Crippen molar-refractivity contribution in [3.05, 3.63) is 59.4 Å². The van der Waals surface area contributed by atoms with Crippen LogP contribution in [0.4, 0.5) is 0 Å². The molecule has 130 valence electrons. The van der Waals surface area contributed by atoms with Gasteiger partial charge in [0.2, 0.25) is 0 Å². The minimum absolute atomic E-state index is 0.154. The van der Waals surface area contributed by atoms with E-state index in [2.05, 4.69) is 20.8 Å². The lowest BCUT2D eigenvalue weighted by Gasteiger charge is -2.11. The number of amides is 2. The number of hydrazone groups is 1. The zero-order valence-electron chi connectivity index (χ0n) is 14.2. The van der Waals surface area contributed by atoms with Crippen LogP contribution in [0.2, 0.25) is 0 Å². The van der Waals surface area contributed by atoms with Crippen LogP contribution in [-0.4, -0.2) is 36.2 Å². The van der Waals surface area contributed by atoms with Gasteiger partial charge < -0.3 is 10.1 Å². The summed E-state index contributed by atoms with van der Waals surface area (Å²) in [7, 11) is 0. The monoisotopic (exact) mass is 340 g/mol. The second-order valence-electron chi connectivity index (χ2n) is 5.36. The summed E-state index contributed by atoms with van der Waals surface area (Å²) in [6, 6.07) is 9.25. The third kappa shape index (κ3) is 6.06. The number of nitrogens with one attached hydrogen (secondary N) is 2. The minimum Gasteiger partial charge on any atom is -0.483 e. The Morgan fingerprint density at radius 1 is 1.12 bits per heavy atom. The largest absolute Gasteiger partial charge is 0.483 e. The van der Waals surface area contributed by atoms with Crippen molar-refractivity contribution in [2.24, 2.45) is 5.10 Å². The minimum atomic E-state index is -0.425. The van der Waals surface area contributed by atoms with E-state index in [1.54, 1.807) is 24.5 Å². The summed E-state index contributed by atoms with van der Waals surface area (Å²) in [6.07, 6.45) is 4.74. The van der Waals surface area contributed by atoms with Gasteiger partial charge in [-0.2, -0.15) is 5.10 Å². The molecular formula is C18H20N4O3. The van der Waals surface area contributed by atoms with Crippen LogP contribution in [0.3, 0.4) is 0 Å². The molecule has 25 heavy (non-hydrogen) atoms. The number of carbonyl (C=O) groups is 2. The van der Waals surface area contributed by atoms with Gasteiger partial charge in [-0.3, -0.25) is 14.6 Å². The van der Waals surface area contributed by atoms with Crippen LogP contribution in [-0.2, 0) is 9.59 Å². The fraction of sp³-hybridized carbons (Fsp3) is 0.222. The molecule has 2 amide bonds. The smallest absolute Gasteiger partial charge is 0.259 e. The number of hydrogen-bond acceptors (Lipinski definition) is 5. The second kappa shape index (κ2) is 9.17. The molecule has 0 saturated heterocycles. The summed E-state index contributed by atoms with van der Waals surface area (Å²) >= 11 is 0. The third-order valence-corrected chi connectivity index (χ3v) is 3.31. The number of aromatic nitrogens is 1. The molecule has 2 N–H and O–H groups in total. The highest BCUT2D eigenvalue weighted by molar-refractivity contribution is 5.86. The average Bonchev–Trinajstić information content (AvgIpc) is 2.60. The number of benzene rings is 1. The first kappa shape index (κ1) is 18.1. The van der Waals surface area contributed by atoms with E-state index in [9.17, 15) is 9.59 Å². The van der Waals surface area contributed by atoms with Gasteiger partial charge in [-0.1, -0.05) is 18.2 Å². The first-order valence-corrected chi connectivity index (χ1v) is 7.74. The third-order valence-electron chi connectivity index (χ3n) is 3.31. The van der Waals surface area contributed by atoms with Gasteiger partial charge in [0, 0.05) is 12.4 Å². The number of carbonyl (C=O) groups excluding carboxylic acids is 2. The van der Waals surface area contributed by atoms with Crippen molar-refractivity contribution in [2.45, 2.75) is 13.8 Å². The topological polar surface area (TPSA) is 92.7 Å². The van der Waals surface area contributed by atoms with Crippen LogP contribution >= 0.6 is 0 Å². The number of aryl methyl sites for hydroxylation is 2. The Balaban J connectivity index is 1.71. The van der Waals surface area contributed by atoms with E-state index >= 15 is 0 Å². The maximum Gasteiger partial charge on any atom is 0.259 e. The first-order chi connectivity index (χ1) is 12.1. The number of ether oxygens (including phenoxy) is 1. The predicted molar refractivity (Wildman–Crippen MR) is 94.4 cm³/mol. The highest BCUT2D eigenvalue weighted by Crippen LogP contribution is 2.21. The summed E-state index contributed by atoms with van der Waals surface area (Å²) in [5, 5.41) is 6.28. The van der Waals surface area contributed by atoms with Gasteiger partial charge in [0.1, 0.15) is 5.75 Å². The Morgan fingerprint density at radius 2 is 1.80 bits per heavy atom. The number of para-hydroxylation sites is 1. The summed E-state index contributed by atoms with van der Waals surface area (Å²) in [5.74, 6) is -0.120. The lowest BCUT2D eigenvalue weighted by molar-refractivity contribution is -0.127. The molecule has 1 heterocycles. The van der Waals surface area contributed by atoms with Crippen LogP contribution in [0, 0.1) is 13.8 Å². The molecule has 7 nitrogen and oxygen atoms in total. The predicted octanol–water partition coefficient (Wildman–Crippen LogP) is 1.34. The van der Waals surface area contributed by atoms with Crippen molar-refractivity contribution in [3.8, 4) is 5.75 Å². The van der Waals surface area contributed by atoms with Gasteiger partial charge in [0.05, 0.1) is 12.8 Å². The number of rotatable bonds is 7. The second-order valence-corrected chi connectivity index (χ2v) is 5.36. The van der Waals surface area contributed by atoms with Gasteiger partial charge in [-0.15, -0.1) is 0 Å². The molecule has 0 spiro atoms. The number of pyridine rings is 1. The molecule has 0 atom stereocenters. The molecule has 1 aromatic heterocycles.